The van der Waals surface area contributed by atoms with Crippen LogP contribution in [0.2, 0.25) is 0 Å². The number of hydrogen-bond acceptors (Lipinski definition) is 2. The van der Waals surface area contributed by atoms with Gasteiger partial charge in [-0.25, -0.2) is 4.79 Å². The first kappa shape index (κ1) is 15.6. The number of hydrogen-bond donors (Lipinski definition) is 2. The van der Waals surface area contributed by atoms with Crippen LogP contribution in [0.5, 0.6) is 0 Å². The molecule has 4 nitrogen and oxygen atoms in total. The van der Waals surface area contributed by atoms with Gasteiger partial charge in [-0.2, -0.15) is 0 Å². The van der Waals surface area contributed by atoms with E-state index in [1.165, 1.54) is 51.4 Å². The molecule has 0 saturated heterocycles. The van der Waals surface area contributed by atoms with E-state index in [0.717, 1.165) is 25.8 Å². The van der Waals surface area contributed by atoms with Gasteiger partial charge < -0.3 is 16.0 Å². The molecule has 0 heterocycles. The van der Waals surface area contributed by atoms with E-state index in [-0.39, 0.29) is 6.03 Å². The number of rotatable bonds is 5. The van der Waals surface area contributed by atoms with Gasteiger partial charge in [0.05, 0.1) is 0 Å². The molecule has 0 aromatic rings. The molecule has 116 valence electrons. The smallest absolute Gasteiger partial charge is 0.317 e. The summed E-state index contributed by atoms with van der Waals surface area (Å²) in [4.78, 5) is 14.7. The highest BCUT2D eigenvalue weighted by Crippen LogP contribution is 2.23. The molecule has 0 radical (unpaired) electrons. The highest BCUT2D eigenvalue weighted by Gasteiger charge is 2.26. The summed E-state index contributed by atoms with van der Waals surface area (Å²) >= 11 is 0. The van der Waals surface area contributed by atoms with Crippen LogP contribution < -0.4 is 11.1 Å². The lowest BCUT2D eigenvalue weighted by Gasteiger charge is -2.32. The van der Waals surface area contributed by atoms with Crippen molar-refractivity contribution < 1.29 is 4.79 Å². The lowest BCUT2D eigenvalue weighted by atomic mass is 10.1. The Morgan fingerprint density at radius 2 is 1.60 bits per heavy atom. The van der Waals surface area contributed by atoms with Crippen LogP contribution in [-0.4, -0.2) is 36.1 Å². The zero-order chi connectivity index (χ0) is 14.2. The van der Waals surface area contributed by atoms with Gasteiger partial charge in [-0.05, 0) is 38.6 Å². The Morgan fingerprint density at radius 1 is 1.00 bits per heavy atom. The summed E-state index contributed by atoms with van der Waals surface area (Å²) in [5.74, 6) is 0. The van der Waals surface area contributed by atoms with Gasteiger partial charge in [0.2, 0.25) is 0 Å². The second-order valence-corrected chi connectivity index (χ2v) is 6.41. The average Bonchev–Trinajstić information content (AvgIpc) is 2.80. The van der Waals surface area contributed by atoms with Crippen molar-refractivity contribution in [2.45, 2.75) is 82.7 Å². The van der Waals surface area contributed by atoms with E-state index in [1.807, 2.05) is 0 Å². The standard InChI is InChI=1S/C16H31N3O/c17-12-7-13-19(15-10-3-1-2-4-11-15)16(20)18-14-8-5-6-9-14/h14-15H,1-13,17H2,(H,18,20). The Balaban J connectivity index is 1.91. The minimum atomic E-state index is 0.164. The Morgan fingerprint density at radius 3 is 2.20 bits per heavy atom. The van der Waals surface area contributed by atoms with Crippen molar-refractivity contribution >= 4 is 6.03 Å². The van der Waals surface area contributed by atoms with Crippen molar-refractivity contribution in [3.63, 3.8) is 0 Å². The minimum absolute atomic E-state index is 0.164. The summed E-state index contributed by atoms with van der Waals surface area (Å²) in [6.07, 6.45) is 13.3. The maximum Gasteiger partial charge on any atom is 0.317 e. The quantitative estimate of drug-likeness (QED) is 0.761. The molecule has 2 aliphatic rings. The van der Waals surface area contributed by atoms with Crippen molar-refractivity contribution in [3.8, 4) is 0 Å². The van der Waals surface area contributed by atoms with E-state index in [0.29, 0.717) is 18.6 Å². The van der Waals surface area contributed by atoms with Crippen LogP contribution in [0.1, 0.15) is 70.6 Å². The van der Waals surface area contributed by atoms with E-state index in [1.54, 1.807) is 0 Å². The molecule has 4 heteroatoms. The molecule has 0 aliphatic heterocycles. The lowest BCUT2D eigenvalue weighted by Crippen LogP contribution is -2.49. The molecule has 3 N–H and O–H groups in total. The van der Waals surface area contributed by atoms with Crippen LogP contribution >= 0.6 is 0 Å². The fraction of sp³-hybridized carbons (Fsp3) is 0.938. The molecule has 0 spiro atoms. The Bertz CT molecular complexity index is 281. The van der Waals surface area contributed by atoms with E-state index >= 15 is 0 Å². The summed E-state index contributed by atoms with van der Waals surface area (Å²) in [5.41, 5.74) is 5.64. The molecule has 0 unspecified atom stereocenters. The molecule has 0 aromatic carbocycles. The summed E-state index contributed by atoms with van der Waals surface area (Å²) in [5, 5.41) is 3.25. The van der Waals surface area contributed by atoms with E-state index < -0.39 is 0 Å². The number of carbonyl (C=O) groups excluding carboxylic acids is 1. The van der Waals surface area contributed by atoms with Gasteiger partial charge in [0.15, 0.2) is 0 Å². The largest absolute Gasteiger partial charge is 0.335 e. The molecule has 2 rings (SSSR count). The normalized spacial score (nSPS) is 21.6. The number of nitrogens with one attached hydrogen (secondary N) is 1. The van der Waals surface area contributed by atoms with E-state index in [2.05, 4.69) is 10.2 Å². The summed E-state index contributed by atoms with van der Waals surface area (Å²) in [7, 11) is 0. The van der Waals surface area contributed by atoms with Crippen LogP contribution in [0, 0.1) is 0 Å². The van der Waals surface area contributed by atoms with Crippen LogP contribution in [0.15, 0.2) is 0 Å². The third-order valence-corrected chi connectivity index (χ3v) is 4.81. The third kappa shape index (κ3) is 4.65. The molecule has 20 heavy (non-hydrogen) atoms. The van der Waals surface area contributed by atoms with Crippen molar-refractivity contribution in [1.29, 1.82) is 0 Å². The highest BCUT2D eigenvalue weighted by molar-refractivity contribution is 5.75. The molecule has 0 atom stereocenters. The molecule has 2 fully saturated rings. The SMILES string of the molecule is NCCCN(C(=O)NC1CCCC1)C1CCCCCC1. The van der Waals surface area contributed by atoms with Crippen molar-refractivity contribution in [1.82, 2.24) is 10.2 Å². The fourth-order valence-corrected chi connectivity index (χ4v) is 3.61. The fourth-order valence-electron chi connectivity index (χ4n) is 3.61. The summed E-state index contributed by atoms with van der Waals surface area (Å²) in [6, 6.07) is 1.01. The number of amides is 2. The van der Waals surface area contributed by atoms with Gasteiger partial charge >= 0.3 is 6.03 Å². The second-order valence-electron chi connectivity index (χ2n) is 6.41. The number of carbonyl (C=O) groups is 1. The Labute approximate surface area is 123 Å². The van der Waals surface area contributed by atoms with Gasteiger partial charge in [0.1, 0.15) is 0 Å². The van der Waals surface area contributed by atoms with Crippen LogP contribution in [0.25, 0.3) is 0 Å². The molecule has 2 amide bonds. The summed E-state index contributed by atoms with van der Waals surface area (Å²) < 4.78 is 0. The number of urea groups is 1. The van der Waals surface area contributed by atoms with Crippen LogP contribution in [0.3, 0.4) is 0 Å². The molecule has 0 bridgehead atoms. The van der Waals surface area contributed by atoms with Gasteiger partial charge in [-0.15, -0.1) is 0 Å². The summed E-state index contributed by atoms with van der Waals surface area (Å²) in [6.45, 7) is 1.49. The zero-order valence-corrected chi connectivity index (χ0v) is 12.8. The predicted octanol–water partition coefficient (Wildman–Crippen LogP) is 3.01. The average molecular weight is 281 g/mol. The zero-order valence-electron chi connectivity index (χ0n) is 12.8. The topological polar surface area (TPSA) is 58.4 Å². The first-order valence-corrected chi connectivity index (χ1v) is 8.58. The number of nitrogens with two attached hydrogens (primary N) is 1. The molecule has 2 aliphatic carbocycles. The molecular weight excluding hydrogens is 250 g/mol. The van der Waals surface area contributed by atoms with Gasteiger partial charge in [-0.3, -0.25) is 0 Å². The Kier molecular flexibility index (Phi) is 6.64. The van der Waals surface area contributed by atoms with Crippen molar-refractivity contribution in [2.24, 2.45) is 5.73 Å². The maximum absolute atomic E-state index is 12.6. The molecular formula is C16H31N3O. The highest BCUT2D eigenvalue weighted by atomic mass is 16.2. The van der Waals surface area contributed by atoms with Crippen molar-refractivity contribution in [3.05, 3.63) is 0 Å². The van der Waals surface area contributed by atoms with Crippen LogP contribution in [-0.2, 0) is 0 Å². The third-order valence-electron chi connectivity index (χ3n) is 4.81. The van der Waals surface area contributed by atoms with Crippen LogP contribution in [0.4, 0.5) is 4.79 Å². The number of nitrogens with zero attached hydrogens (tertiary/aromatic N) is 1. The Hall–Kier alpha value is -0.770. The van der Waals surface area contributed by atoms with Gasteiger partial charge in [0.25, 0.3) is 0 Å². The monoisotopic (exact) mass is 281 g/mol. The van der Waals surface area contributed by atoms with Crippen molar-refractivity contribution in [2.75, 3.05) is 13.1 Å². The van der Waals surface area contributed by atoms with E-state index in [9.17, 15) is 4.79 Å². The minimum Gasteiger partial charge on any atom is -0.335 e. The first-order valence-electron chi connectivity index (χ1n) is 8.58. The molecule has 0 aromatic heterocycles. The van der Waals surface area contributed by atoms with E-state index in [4.69, 9.17) is 5.73 Å². The van der Waals surface area contributed by atoms with Gasteiger partial charge in [0, 0.05) is 18.6 Å². The second kappa shape index (κ2) is 8.50. The van der Waals surface area contributed by atoms with Gasteiger partial charge in [-0.1, -0.05) is 38.5 Å². The maximum atomic E-state index is 12.6. The first-order chi connectivity index (χ1) is 9.81. The lowest BCUT2D eigenvalue weighted by molar-refractivity contribution is 0.163. The molecule has 2 saturated carbocycles. The predicted molar refractivity (Wildman–Crippen MR) is 82.7 cm³/mol.